The molecule has 1 aliphatic carbocycles. The van der Waals surface area contributed by atoms with Crippen molar-refractivity contribution in [2.45, 2.75) is 19.3 Å². The molecule has 0 bridgehead atoms. The number of rotatable bonds is 1. The first-order chi connectivity index (χ1) is 7.33. The van der Waals surface area contributed by atoms with Gasteiger partial charge in [0, 0.05) is 23.8 Å². The highest BCUT2D eigenvalue weighted by Gasteiger charge is 2.36. The highest BCUT2D eigenvalue weighted by Crippen LogP contribution is 2.39. The van der Waals surface area contributed by atoms with Crippen LogP contribution < -0.4 is 4.90 Å². The maximum absolute atomic E-state index is 4.47. The average Bonchev–Trinajstić information content (AvgIpc) is 2.78. The van der Waals surface area contributed by atoms with E-state index in [0.29, 0.717) is 0 Å². The quantitative estimate of drug-likeness (QED) is 0.777. The van der Waals surface area contributed by atoms with E-state index in [2.05, 4.69) is 37.9 Å². The van der Waals surface area contributed by atoms with Crippen LogP contribution in [0.3, 0.4) is 0 Å². The van der Waals surface area contributed by atoms with Crippen molar-refractivity contribution in [1.82, 2.24) is 4.98 Å². The van der Waals surface area contributed by atoms with Crippen LogP contribution in [0.25, 0.3) is 0 Å². The number of hydrogen-bond donors (Lipinski definition) is 0. The van der Waals surface area contributed by atoms with Gasteiger partial charge in [0.25, 0.3) is 0 Å². The van der Waals surface area contributed by atoms with E-state index >= 15 is 0 Å². The van der Waals surface area contributed by atoms with Crippen molar-refractivity contribution in [2.75, 3.05) is 18.0 Å². The Morgan fingerprint density at radius 3 is 2.53 bits per heavy atom. The molecule has 3 heteroatoms. The first-order valence-electron chi connectivity index (χ1n) is 5.69. The van der Waals surface area contributed by atoms with E-state index < -0.39 is 0 Å². The minimum Gasteiger partial charge on any atom is -0.356 e. The lowest BCUT2D eigenvalue weighted by Crippen LogP contribution is -2.21. The molecule has 0 radical (unpaired) electrons. The van der Waals surface area contributed by atoms with Gasteiger partial charge in [-0.25, -0.2) is 4.98 Å². The summed E-state index contributed by atoms with van der Waals surface area (Å²) in [6, 6.07) is 4.20. The molecule has 15 heavy (non-hydrogen) atoms. The summed E-state index contributed by atoms with van der Waals surface area (Å²) < 4.78 is 1.06. The van der Waals surface area contributed by atoms with Gasteiger partial charge in [-0.2, -0.15) is 0 Å². The number of pyridine rings is 1. The minimum atomic E-state index is 0.940. The lowest BCUT2D eigenvalue weighted by atomic mass is 10.0. The van der Waals surface area contributed by atoms with Crippen LogP contribution in [0, 0.1) is 11.8 Å². The maximum Gasteiger partial charge on any atom is 0.128 e. The van der Waals surface area contributed by atoms with Crippen LogP contribution in [0.4, 0.5) is 5.82 Å². The van der Waals surface area contributed by atoms with Crippen LogP contribution in [0.2, 0.25) is 0 Å². The van der Waals surface area contributed by atoms with Gasteiger partial charge < -0.3 is 4.90 Å². The summed E-state index contributed by atoms with van der Waals surface area (Å²) in [7, 11) is 0. The Morgan fingerprint density at radius 2 is 1.93 bits per heavy atom. The standard InChI is InChI=1S/C12H15BrN2/c13-11-4-5-12(14-6-11)15-7-9-2-1-3-10(9)8-15/h4-6,9-10H,1-3,7-8H2/t9-,10+. The summed E-state index contributed by atoms with van der Waals surface area (Å²) in [5.41, 5.74) is 0. The summed E-state index contributed by atoms with van der Waals surface area (Å²) in [5, 5.41) is 0. The van der Waals surface area contributed by atoms with Crippen molar-refractivity contribution in [1.29, 1.82) is 0 Å². The Morgan fingerprint density at radius 1 is 1.20 bits per heavy atom. The Labute approximate surface area is 98.8 Å². The fourth-order valence-electron chi connectivity index (χ4n) is 2.98. The summed E-state index contributed by atoms with van der Waals surface area (Å²) in [6.45, 7) is 2.44. The largest absolute Gasteiger partial charge is 0.356 e. The van der Waals surface area contributed by atoms with Crippen molar-refractivity contribution in [2.24, 2.45) is 11.8 Å². The number of nitrogens with zero attached hydrogens (tertiary/aromatic N) is 2. The molecule has 1 aromatic heterocycles. The molecule has 1 saturated carbocycles. The summed E-state index contributed by atoms with van der Waals surface area (Å²) in [5.74, 6) is 3.03. The van der Waals surface area contributed by atoms with Crippen molar-refractivity contribution in [3.8, 4) is 0 Å². The number of halogens is 1. The smallest absolute Gasteiger partial charge is 0.128 e. The zero-order chi connectivity index (χ0) is 10.3. The average molecular weight is 267 g/mol. The van der Waals surface area contributed by atoms with Gasteiger partial charge >= 0.3 is 0 Å². The molecular weight excluding hydrogens is 252 g/mol. The lowest BCUT2D eigenvalue weighted by Gasteiger charge is -2.17. The van der Waals surface area contributed by atoms with Crippen molar-refractivity contribution in [3.05, 3.63) is 22.8 Å². The van der Waals surface area contributed by atoms with Crippen LogP contribution in [0.5, 0.6) is 0 Å². The molecular formula is C12H15BrN2. The van der Waals surface area contributed by atoms with E-state index in [1.807, 2.05) is 6.20 Å². The van der Waals surface area contributed by atoms with Crippen molar-refractivity contribution >= 4 is 21.7 Å². The molecule has 3 rings (SSSR count). The van der Waals surface area contributed by atoms with Crippen LogP contribution >= 0.6 is 15.9 Å². The number of anilines is 1. The highest BCUT2D eigenvalue weighted by molar-refractivity contribution is 9.10. The topological polar surface area (TPSA) is 16.1 Å². The van der Waals surface area contributed by atoms with E-state index in [1.54, 1.807) is 0 Å². The van der Waals surface area contributed by atoms with Crippen LogP contribution in [0.1, 0.15) is 19.3 Å². The van der Waals surface area contributed by atoms with Gasteiger partial charge in [-0.3, -0.25) is 0 Å². The molecule has 2 aliphatic rings. The third kappa shape index (κ3) is 1.78. The van der Waals surface area contributed by atoms with Crippen molar-refractivity contribution < 1.29 is 0 Å². The summed E-state index contributed by atoms with van der Waals surface area (Å²) >= 11 is 3.42. The second kappa shape index (κ2) is 3.78. The molecule has 2 fully saturated rings. The van der Waals surface area contributed by atoms with E-state index in [1.165, 1.54) is 32.4 Å². The van der Waals surface area contributed by atoms with E-state index in [4.69, 9.17) is 0 Å². The Bertz CT molecular complexity index is 337. The predicted octanol–water partition coefficient (Wildman–Crippen LogP) is 3.08. The first kappa shape index (κ1) is 9.64. The fraction of sp³-hybridized carbons (Fsp3) is 0.583. The predicted molar refractivity (Wildman–Crippen MR) is 65.0 cm³/mol. The highest BCUT2D eigenvalue weighted by atomic mass is 79.9. The first-order valence-corrected chi connectivity index (χ1v) is 6.49. The van der Waals surface area contributed by atoms with Gasteiger partial charge in [-0.05, 0) is 52.7 Å². The van der Waals surface area contributed by atoms with Crippen LogP contribution in [-0.4, -0.2) is 18.1 Å². The third-order valence-corrected chi connectivity index (χ3v) is 4.23. The molecule has 0 unspecified atom stereocenters. The van der Waals surface area contributed by atoms with Gasteiger partial charge in [0.05, 0.1) is 0 Å². The number of hydrogen-bond acceptors (Lipinski definition) is 2. The maximum atomic E-state index is 4.47. The monoisotopic (exact) mass is 266 g/mol. The normalized spacial score (nSPS) is 29.5. The molecule has 80 valence electrons. The van der Waals surface area contributed by atoms with Gasteiger partial charge in [-0.1, -0.05) is 6.42 Å². The number of fused-ring (bicyclic) bond motifs is 1. The van der Waals surface area contributed by atoms with Gasteiger partial charge in [-0.15, -0.1) is 0 Å². The molecule has 2 atom stereocenters. The van der Waals surface area contributed by atoms with E-state index in [-0.39, 0.29) is 0 Å². The second-order valence-corrected chi connectivity index (χ2v) is 5.61. The summed E-state index contributed by atoms with van der Waals surface area (Å²) in [4.78, 5) is 6.91. The zero-order valence-electron chi connectivity index (χ0n) is 8.69. The van der Waals surface area contributed by atoms with Crippen molar-refractivity contribution in [3.63, 3.8) is 0 Å². The molecule has 0 aromatic carbocycles. The molecule has 0 amide bonds. The lowest BCUT2D eigenvalue weighted by molar-refractivity contribution is 0.494. The Kier molecular flexibility index (Phi) is 2.43. The molecule has 0 N–H and O–H groups in total. The van der Waals surface area contributed by atoms with E-state index in [0.717, 1.165) is 22.1 Å². The van der Waals surface area contributed by atoms with Gasteiger partial charge in [0.2, 0.25) is 0 Å². The van der Waals surface area contributed by atoms with Crippen LogP contribution in [0.15, 0.2) is 22.8 Å². The van der Waals surface area contributed by atoms with Crippen LogP contribution in [-0.2, 0) is 0 Å². The van der Waals surface area contributed by atoms with E-state index in [9.17, 15) is 0 Å². The molecule has 2 heterocycles. The van der Waals surface area contributed by atoms with Gasteiger partial charge in [0.15, 0.2) is 0 Å². The fourth-order valence-corrected chi connectivity index (χ4v) is 3.21. The molecule has 1 aliphatic heterocycles. The Balaban J connectivity index is 1.76. The second-order valence-electron chi connectivity index (χ2n) is 4.69. The third-order valence-electron chi connectivity index (χ3n) is 3.76. The molecule has 2 nitrogen and oxygen atoms in total. The summed E-state index contributed by atoms with van der Waals surface area (Å²) in [6.07, 6.45) is 6.19. The Hall–Kier alpha value is -0.570. The number of aromatic nitrogens is 1. The minimum absolute atomic E-state index is 0.940. The molecule has 1 saturated heterocycles. The molecule has 1 aromatic rings. The SMILES string of the molecule is Brc1ccc(N2C[C@H]3CCC[C@H]3C2)nc1. The van der Waals surface area contributed by atoms with Gasteiger partial charge in [0.1, 0.15) is 5.82 Å². The molecule has 0 spiro atoms. The zero-order valence-corrected chi connectivity index (χ0v) is 10.3.